The summed E-state index contributed by atoms with van der Waals surface area (Å²) in [6.45, 7) is 0. The highest BCUT2D eigenvalue weighted by Crippen LogP contribution is 2.40. The van der Waals surface area contributed by atoms with Gasteiger partial charge in [0.25, 0.3) is 0 Å². The lowest BCUT2D eigenvalue weighted by Crippen LogP contribution is -1.93. The van der Waals surface area contributed by atoms with Crippen LogP contribution in [0, 0.1) is 0 Å². The Morgan fingerprint density at radius 2 is 1.27 bits per heavy atom. The summed E-state index contributed by atoms with van der Waals surface area (Å²) in [5.41, 5.74) is 8.66. The monoisotopic (exact) mass is 510 g/mol. The van der Waals surface area contributed by atoms with E-state index in [0.29, 0.717) is 0 Å². The Morgan fingerprint density at radius 1 is 0.500 bits per heavy atom. The molecule has 0 bridgehead atoms. The number of pyridine rings is 1. The first kappa shape index (κ1) is 21.5. The van der Waals surface area contributed by atoms with Gasteiger partial charge in [0, 0.05) is 44.4 Å². The van der Waals surface area contributed by atoms with Crippen molar-refractivity contribution in [1.29, 1.82) is 0 Å². The van der Waals surface area contributed by atoms with E-state index in [-0.39, 0.29) is 0 Å². The minimum absolute atomic E-state index is 0.907. The van der Waals surface area contributed by atoms with Crippen LogP contribution in [0.4, 0.5) is 0 Å². The first-order valence-corrected chi connectivity index (χ1v) is 13.6. The van der Waals surface area contributed by atoms with E-state index in [2.05, 4.69) is 114 Å². The molecule has 3 aromatic heterocycles. The lowest BCUT2D eigenvalue weighted by Gasteiger charge is -2.11. The minimum atomic E-state index is 0.907. The number of furan rings is 1. The van der Waals surface area contributed by atoms with Gasteiger partial charge in [-0.25, -0.2) is 0 Å². The molecular weight excluding hydrogens is 488 g/mol. The number of hydrogen-bond donors (Lipinski definition) is 0. The number of fused-ring (bicyclic) bond motifs is 9. The van der Waals surface area contributed by atoms with Crippen molar-refractivity contribution in [2.75, 3.05) is 0 Å². The van der Waals surface area contributed by atoms with Crippen LogP contribution in [0.25, 0.3) is 82.2 Å². The Bertz CT molecular complexity index is 2430. The normalized spacial score (nSPS) is 12.0. The van der Waals surface area contributed by atoms with E-state index in [0.717, 1.165) is 55.0 Å². The van der Waals surface area contributed by atoms with Crippen LogP contribution < -0.4 is 0 Å². The van der Waals surface area contributed by atoms with Gasteiger partial charge in [0.2, 0.25) is 0 Å². The highest BCUT2D eigenvalue weighted by molar-refractivity contribution is 6.19. The van der Waals surface area contributed by atoms with Gasteiger partial charge in [-0.2, -0.15) is 0 Å². The van der Waals surface area contributed by atoms with Crippen LogP contribution in [0.3, 0.4) is 0 Å². The Labute approximate surface area is 229 Å². The van der Waals surface area contributed by atoms with Crippen molar-refractivity contribution in [2.45, 2.75) is 0 Å². The van der Waals surface area contributed by atoms with Crippen molar-refractivity contribution in [2.24, 2.45) is 0 Å². The first-order chi connectivity index (χ1) is 19.8. The second-order valence-electron chi connectivity index (χ2n) is 10.4. The Kier molecular flexibility index (Phi) is 4.33. The van der Waals surface area contributed by atoms with E-state index in [9.17, 15) is 0 Å². The summed E-state index contributed by atoms with van der Waals surface area (Å²) in [7, 11) is 0. The second-order valence-corrected chi connectivity index (χ2v) is 10.4. The van der Waals surface area contributed by atoms with Gasteiger partial charge in [0.05, 0.1) is 16.6 Å². The molecule has 0 radical (unpaired) electrons. The fourth-order valence-corrected chi connectivity index (χ4v) is 6.42. The van der Waals surface area contributed by atoms with Crippen LogP contribution in [0.2, 0.25) is 0 Å². The summed E-state index contributed by atoms with van der Waals surface area (Å²) in [6, 6.07) is 45.2. The van der Waals surface area contributed by atoms with E-state index in [1.54, 1.807) is 0 Å². The van der Waals surface area contributed by atoms with Crippen LogP contribution >= 0.6 is 0 Å². The van der Waals surface area contributed by atoms with Crippen molar-refractivity contribution >= 4 is 65.4 Å². The number of nitrogens with zero attached hydrogens (tertiary/aromatic N) is 2. The van der Waals surface area contributed by atoms with E-state index < -0.39 is 0 Å². The molecule has 186 valence electrons. The number of para-hydroxylation sites is 3. The highest BCUT2D eigenvalue weighted by Gasteiger charge is 2.16. The SMILES string of the molecule is c1ccc(-n2c3ccccc3c3cc(-c4cc5cc6oc7ccccc7c6cc5c5cccnc45)ccc32)cc1. The van der Waals surface area contributed by atoms with E-state index in [1.165, 1.54) is 27.2 Å². The summed E-state index contributed by atoms with van der Waals surface area (Å²) in [5, 5.41) is 8.23. The molecule has 0 atom stereocenters. The third-order valence-electron chi connectivity index (χ3n) is 8.20. The van der Waals surface area contributed by atoms with E-state index in [1.807, 2.05) is 24.4 Å². The zero-order valence-corrected chi connectivity index (χ0v) is 21.5. The summed E-state index contributed by atoms with van der Waals surface area (Å²) in [6.07, 6.45) is 1.89. The molecule has 0 spiro atoms. The predicted molar refractivity (Wildman–Crippen MR) is 166 cm³/mol. The average molecular weight is 511 g/mol. The molecule has 0 amide bonds. The molecule has 0 saturated carbocycles. The Morgan fingerprint density at radius 3 is 2.20 bits per heavy atom. The minimum Gasteiger partial charge on any atom is -0.456 e. The van der Waals surface area contributed by atoms with Crippen LogP contribution in [0.15, 0.2) is 138 Å². The maximum absolute atomic E-state index is 6.25. The molecule has 3 heteroatoms. The molecule has 0 fully saturated rings. The topological polar surface area (TPSA) is 31.0 Å². The smallest absolute Gasteiger partial charge is 0.136 e. The van der Waals surface area contributed by atoms with Crippen LogP contribution in [0.1, 0.15) is 0 Å². The van der Waals surface area contributed by atoms with E-state index >= 15 is 0 Å². The van der Waals surface area contributed by atoms with Gasteiger partial charge in [0.1, 0.15) is 11.2 Å². The summed E-state index contributed by atoms with van der Waals surface area (Å²) >= 11 is 0. The van der Waals surface area contributed by atoms with Crippen molar-refractivity contribution in [1.82, 2.24) is 9.55 Å². The average Bonchev–Trinajstić information content (AvgIpc) is 3.55. The molecule has 3 nitrogen and oxygen atoms in total. The molecule has 0 N–H and O–H groups in total. The number of hydrogen-bond acceptors (Lipinski definition) is 2. The lowest BCUT2D eigenvalue weighted by molar-refractivity contribution is 0.669. The number of benzene rings is 6. The molecule has 40 heavy (non-hydrogen) atoms. The maximum Gasteiger partial charge on any atom is 0.136 e. The van der Waals surface area contributed by atoms with Gasteiger partial charge >= 0.3 is 0 Å². The predicted octanol–water partition coefficient (Wildman–Crippen LogP) is 10.1. The Hall–Kier alpha value is -5.41. The second kappa shape index (κ2) is 8.05. The molecule has 0 unspecified atom stereocenters. The van der Waals surface area contributed by atoms with Crippen molar-refractivity contribution in [3.05, 3.63) is 134 Å². The summed E-state index contributed by atoms with van der Waals surface area (Å²) in [4.78, 5) is 4.90. The molecular formula is C37H22N2O. The number of aromatic nitrogens is 2. The van der Waals surface area contributed by atoms with Gasteiger partial charge < -0.3 is 8.98 Å². The van der Waals surface area contributed by atoms with Gasteiger partial charge in [-0.05, 0) is 77.0 Å². The summed E-state index contributed by atoms with van der Waals surface area (Å²) in [5.74, 6) is 0. The van der Waals surface area contributed by atoms with Crippen molar-refractivity contribution in [3.63, 3.8) is 0 Å². The van der Waals surface area contributed by atoms with E-state index in [4.69, 9.17) is 9.40 Å². The van der Waals surface area contributed by atoms with Crippen LogP contribution in [-0.2, 0) is 0 Å². The van der Waals surface area contributed by atoms with Gasteiger partial charge in [-0.3, -0.25) is 4.98 Å². The molecule has 9 rings (SSSR count). The fraction of sp³-hybridized carbons (Fsp3) is 0. The zero-order chi connectivity index (χ0) is 26.2. The molecule has 0 aliphatic heterocycles. The quantitative estimate of drug-likeness (QED) is 0.217. The standard InChI is InChI=1S/C37H22N2O/c1-2-9-25(10-3-1)39-33-14-6-4-11-26(33)31-19-23(16-17-34(31)39)30-20-24-21-36-32(27-12-5-7-15-35(27)40-36)22-29(24)28-13-8-18-38-37(28)30/h1-22H. The lowest BCUT2D eigenvalue weighted by atomic mass is 9.94. The van der Waals surface area contributed by atoms with Crippen LogP contribution in [0.5, 0.6) is 0 Å². The number of rotatable bonds is 2. The largest absolute Gasteiger partial charge is 0.456 e. The molecule has 0 aliphatic rings. The molecule has 0 saturated heterocycles. The zero-order valence-electron chi connectivity index (χ0n) is 21.5. The van der Waals surface area contributed by atoms with Gasteiger partial charge in [-0.15, -0.1) is 0 Å². The third-order valence-corrected chi connectivity index (χ3v) is 8.20. The maximum atomic E-state index is 6.25. The van der Waals surface area contributed by atoms with Crippen molar-refractivity contribution < 1.29 is 4.42 Å². The molecule has 9 aromatic rings. The molecule has 6 aromatic carbocycles. The van der Waals surface area contributed by atoms with Gasteiger partial charge in [0.15, 0.2) is 0 Å². The third kappa shape index (κ3) is 2.97. The Balaban J connectivity index is 1.35. The fourth-order valence-electron chi connectivity index (χ4n) is 6.42. The van der Waals surface area contributed by atoms with Gasteiger partial charge in [-0.1, -0.05) is 66.7 Å². The first-order valence-electron chi connectivity index (χ1n) is 13.6. The van der Waals surface area contributed by atoms with Crippen molar-refractivity contribution in [3.8, 4) is 16.8 Å². The molecule has 0 aliphatic carbocycles. The molecule has 3 heterocycles. The van der Waals surface area contributed by atoms with Crippen LogP contribution in [-0.4, -0.2) is 9.55 Å². The highest BCUT2D eigenvalue weighted by atomic mass is 16.3. The summed E-state index contributed by atoms with van der Waals surface area (Å²) < 4.78 is 8.60.